The highest BCUT2D eigenvalue weighted by molar-refractivity contribution is 7.89. The highest BCUT2D eigenvalue weighted by atomic mass is 32.2. The van der Waals surface area contributed by atoms with Gasteiger partial charge in [-0.05, 0) is 36.8 Å². The topological polar surface area (TPSA) is 106 Å². The molecule has 0 aliphatic heterocycles. The third-order valence-electron chi connectivity index (χ3n) is 4.12. The van der Waals surface area contributed by atoms with Gasteiger partial charge in [0.1, 0.15) is 10.4 Å². The number of halogens is 3. The van der Waals surface area contributed by atoms with Crippen LogP contribution in [0.25, 0.3) is 11.2 Å². The molecule has 2 aromatic heterocycles. The number of alkyl halides is 3. The molecule has 0 aliphatic carbocycles. The van der Waals surface area contributed by atoms with E-state index in [1.165, 1.54) is 37.4 Å². The first-order valence-electron chi connectivity index (χ1n) is 8.75. The summed E-state index contributed by atoms with van der Waals surface area (Å²) in [7, 11) is -4.11. The number of benzene rings is 1. The highest BCUT2D eigenvalue weighted by Gasteiger charge is 2.37. The largest absolute Gasteiger partial charge is 0.449 e. The van der Waals surface area contributed by atoms with Crippen LogP contribution >= 0.6 is 0 Å². The van der Waals surface area contributed by atoms with Crippen molar-refractivity contribution in [3.8, 4) is 0 Å². The Hall–Kier alpha value is -2.99. The number of rotatable bonds is 6. The highest BCUT2D eigenvalue weighted by Crippen LogP contribution is 2.30. The Morgan fingerprint density at radius 2 is 1.97 bits per heavy atom. The van der Waals surface area contributed by atoms with Gasteiger partial charge in [-0.15, -0.1) is 0 Å². The summed E-state index contributed by atoms with van der Waals surface area (Å²) >= 11 is 0. The van der Waals surface area contributed by atoms with Gasteiger partial charge < -0.3 is 9.88 Å². The van der Waals surface area contributed by atoms with Crippen LogP contribution in [0.3, 0.4) is 0 Å². The summed E-state index contributed by atoms with van der Waals surface area (Å²) in [4.78, 5) is 18.7. The minimum absolute atomic E-state index is 0.00138. The molecule has 160 valence electrons. The maximum Gasteiger partial charge on any atom is 0.449 e. The summed E-state index contributed by atoms with van der Waals surface area (Å²) in [5.41, 5.74) is 0.762. The number of hydrogen-bond acceptors (Lipinski definition) is 5. The van der Waals surface area contributed by atoms with Gasteiger partial charge in [-0.1, -0.05) is 6.07 Å². The lowest BCUT2D eigenvalue weighted by atomic mass is 10.2. The number of imidazole rings is 1. The van der Waals surface area contributed by atoms with Crippen LogP contribution < -0.4 is 10.0 Å². The van der Waals surface area contributed by atoms with E-state index >= 15 is 0 Å². The molecule has 0 atom stereocenters. The van der Waals surface area contributed by atoms with E-state index in [1.807, 2.05) is 0 Å². The number of anilines is 1. The average Bonchev–Trinajstić information content (AvgIpc) is 3.02. The fourth-order valence-electron chi connectivity index (χ4n) is 2.90. The van der Waals surface area contributed by atoms with E-state index in [-0.39, 0.29) is 34.8 Å². The van der Waals surface area contributed by atoms with E-state index in [0.717, 1.165) is 4.57 Å². The molecular weight excluding hydrogens is 423 g/mol. The molecule has 0 fully saturated rings. The summed E-state index contributed by atoms with van der Waals surface area (Å²) in [6.07, 6.45) is -3.40. The fraction of sp³-hybridized carbons (Fsp3) is 0.278. The van der Waals surface area contributed by atoms with Crippen molar-refractivity contribution < 1.29 is 26.4 Å². The van der Waals surface area contributed by atoms with Crippen LogP contribution in [-0.4, -0.2) is 35.4 Å². The van der Waals surface area contributed by atoms with Gasteiger partial charge in [0.05, 0.1) is 5.69 Å². The van der Waals surface area contributed by atoms with E-state index in [9.17, 15) is 26.4 Å². The Morgan fingerprint density at radius 3 is 2.63 bits per heavy atom. The zero-order valence-electron chi connectivity index (χ0n) is 16.0. The third kappa shape index (κ3) is 4.60. The minimum atomic E-state index is -4.73. The molecule has 2 heterocycles. The second kappa shape index (κ2) is 8.03. The number of carbonyl (C=O) groups is 1. The fourth-order valence-corrected chi connectivity index (χ4v) is 4.17. The lowest BCUT2D eigenvalue weighted by molar-refractivity contribution is -0.146. The van der Waals surface area contributed by atoms with E-state index in [1.54, 1.807) is 13.0 Å². The number of pyridine rings is 1. The molecule has 0 spiro atoms. The van der Waals surface area contributed by atoms with Gasteiger partial charge in [-0.3, -0.25) is 4.79 Å². The maximum absolute atomic E-state index is 13.3. The summed E-state index contributed by atoms with van der Waals surface area (Å²) in [5, 5.41) is 2.43. The number of nitrogens with one attached hydrogen (secondary N) is 2. The van der Waals surface area contributed by atoms with Crippen molar-refractivity contribution in [1.29, 1.82) is 0 Å². The molecule has 0 unspecified atom stereocenters. The predicted octanol–water partition coefficient (Wildman–Crippen LogP) is 2.70. The van der Waals surface area contributed by atoms with E-state index in [0.29, 0.717) is 5.56 Å². The zero-order valence-corrected chi connectivity index (χ0v) is 16.8. The summed E-state index contributed by atoms with van der Waals surface area (Å²) < 4.78 is 68.6. The molecule has 0 saturated carbocycles. The lowest BCUT2D eigenvalue weighted by Gasteiger charge is -2.14. The van der Waals surface area contributed by atoms with Crippen LogP contribution in [0.4, 0.5) is 18.9 Å². The van der Waals surface area contributed by atoms with E-state index in [4.69, 9.17) is 0 Å². The lowest BCUT2D eigenvalue weighted by Crippen LogP contribution is -2.29. The Labute approximate surface area is 170 Å². The SMILES string of the molecule is CC(=O)Nc1ccc(C)cc1S(=O)(=O)NCCn1c(C(F)(F)F)nc2cccnc21. The molecule has 3 rings (SSSR count). The summed E-state index contributed by atoms with van der Waals surface area (Å²) in [6, 6.07) is 7.29. The van der Waals surface area contributed by atoms with Crippen LogP contribution in [0.1, 0.15) is 18.3 Å². The van der Waals surface area contributed by atoms with Gasteiger partial charge in [0.2, 0.25) is 21.8 Å². The van der Waals surface area contributed by atoms with Gasteiger partial charge >= 0.3 is 6.18 Å². The van der Waals surface area contributed by atoms with Gasteiger partial charge in [-0.2, -0.15) is 13.2 Å². The molecule has 1 aromatic carbocycles. The average molecular weight is 441 g/mol. The number of hydrogen-bond donors (Lipinski definition) is 2. The van der Waals surface area contributed by atoms with Crippen LogP contribution in [0.15, 0.2) is 41.4 Å². The minimum Gasteiger partial charge on any atom is -0.325 e. The van der Waals surface area contributed by atoms with Crippen LogP contribution in [0, 0.1) is 6.92 Å². The first-order chi connectivity index (χ1) is 14.0. The molecule has 0 bridgehead atoms. The molecule has 12 heteroatoms. The molecule has 30 heavy (non-hydrogen) atoms. The molecule has 0 radical (unpaired) electrons. The van der Waals surface area contributed by atoms with Crippen molar-refractivity contribution in [3.63, 3.8) is 0 Å². The Balaban J connectivity index is 1.87. The number of carbonyl (C=O) groups excluding carboxylic acids is 1. The number of nitrogens with zero attached hydrogens (tertiary/aromatic N) is 3. The molecular formula is C18H18F3N5O3S. The smallest absolute Gasteiger partial charge is 0.325 e. The Kier molecular flexibility index (Phi) is 5.81. The third-order valence-corrected chi connectivity index (χ3v) is 5.62. The van der Waals surface area contributed by atoms with Crippen LogP contribution in [0.2, 0.25) is 0 Å². The zero-order chi connectivity index (χ0) is 22.1. The monoisotopic (exact) mass is 441 g/mol. The van der Waals surface area contributed by atoms with Crippen LogP contribution in [-0.2, 0) is 27.5 Å². The normalized spacial score (nSPS) is 12.3. The van der Waals surface area contributed by atoms with Crippen molar-refractivity contribution in [3.05, 3.63) is 47.9 Å². The van der Waals surface area contributed by atoms with Crippen molar-refractivity contribution in [2.45, 2.75) is 31.5 Å². The molecule has 0 saturated heterocycles. The standard InChI is InChI=1S/C18H18F3N5O3S/c1-11-5-6-13(24-12(2)27)15(10-11)30(28,29)23-8-9-26-16-14(4-3-7-22-16)25-17(26)18(19,20)21/h3-7,10,23H,8-9H2,1-2H3,(H,24,27). The van der Waals surface area contributed by atoms with Crippen molar-refractivity contribution in [1.82, 2.24) is 19.3 Å². The van der Waals surface area contributed by atoms with Gasteiger partial charge in [0, 0.05) is 26.2 Å². The Morgan fingerprint density at radius 1 is 1.23 bits per heavy atom. The second-order valence-electron chi connectivity index (χ2n) is 6.51. The molecule has 2 N–H and O–H groups in total. The predicted molar refractivity (Wildman–Crippen MR) is 103 cm³/mol. The Bertz CT molecular complexity index is 1210. The first kappa shape index (κ1) is 21.7. The summed E-state index contributed by atoms with van der Waals surface area (Å²) in [5.74, 6) is -1.62. The number of sulfonamides is 1. The molecule has 0 aliphatic rings. The van der Waals surface area contributed by atoms with Crippen molar-refractivity contribution >= 4 is 32.8 Å². The van der Waals surface area contributed by atoms with Crippen molar-refractivity contribution in [2.75, 3.05) is 11.9 Å². The van der Waals surface area contributed by atoms with Gasteiger partial charge in [0.25, 0.3) is 0 Å². The quantitative estimate of drug-likeness (QED) is 0.612. The number of aromatic nitrogens is 3. The number of amides is 1. The molecule has 3 aromatic rings. The first-order valence-corrected chi connectivity index (χ1v) is 10.2. The molecule has 1 amide bonds. The second-order valence-corrected chi connectivity index (χ2v) is 8.24. The van der Waals surface area contributed by atoms with Gasteiger partial charge in [-0.25, -0.2) is 23.1 Å². The van der Waals surface area contributed by atoms with E-state index in [2.05, 4.69) is 20.0 Å². The van der Waals surface area contributed by atoms with E-state index < -0.39 is 27.9 Å². The van der Waals surface area contributed by atoms with Gasteiger partial charge in [0.15, 0.2) is 5.65 Å². The van der Waals surface area contributed by atoms with Crippen molar-refractivity contribution in [2.24, 2.45) is 0 Å². The molecule has 8 nitrogen and oxygen atoms in total. The number of aryl methyl sites for hydroxylation is 1. The summed E-state index contributed by atoms with van der Waals surface area (Å²) in [6.45, 7) is 2.22. The number of fused-ring (bicyclic) bond motifs is 1. The van der Waals surface area contributed by atoms with Crippen LogP contribution in [0.5, 0.6) is 0 Å². The maximum atomic E-state index is 13.3.